The van der Waals surface area contributed by atoms with Gasteiger partial charge in [0.1, 0.15) is 19.5 Å². The third-order valence-corrected chi connectivity index (χ3v) is 3.55. The summed E-state index contributed by atoms with van der Waals surface area (Å²) < 4.78 is 11.1. The molecule has 5 heteroatoms. The maximum Gasteiger partial charge on any atom is 0.161 e. The van der Waals surface area contributed by atoms with E-state index in [-0.39, 0.29) is 6.04 Å². The van der Waals surface area contributed by atoms with E-state index in [0.29, 0.717) is 13.2 Å². The summed E-state index contributed by atoms with van der Waals surface area (Å²) in [6.07, 6.45) is 1.02. The van der Waals surface area contributed by atoms with E-state index >= 15 is 0 Å². The van der Waals surface area contributed by atoms with Gasteiger partial charge in [-0.05, 0) is 17.7 Å². The number of fused-ring (bicyclic) bond motifs is 1. The number of aldehydes is 1. The molecule has 0 unspecified atom stereocenters. The highest BCUT2D eigenvalue weighted by atomic mass is 16.6. The van der Waals surface area contributed by atoms with Crippen molar-refractivity contribution >= 4 is 6.29 Å². The third kappa shape index (κ3) is 2.72. The molecule has 2 aliphatic heterocycles. The average molecular weight is 262 g/mol. The van der Waals surface area contributed by atoms with E-state index in [1.54, 1.807) is 0 Å². The lowest BCUT2D eigenvalue weighted by molar-refractivity contribution is -0.113. The first kappa shape index (κ1) is 12.4. The van der Waals surface area contributed by atoms with Crippen LogP contribution in [-0.4, -0.2) is 50.1 Å². The predicted molar refractivity (Wildman–Crippen MR) is 70.6 cm³/mol. The summed E-state index contributed by atoms with van der Waals surface area (Å²) >= 11 is 0. The lowest BCUT2D eigenvalue weighted by atomic mass is 10.1. The van der Waals surface area contributed by atoms with Crippen LogP contribution in [0.25, 0.3) is 0 Å². The molecule has 1 aromatic carbocycles. The second kappa shape index (κ2) is 5.59. The van der Waals surface area contributed by atoms with Crippen LogP contribution in [0, 0.1) is 0 Å². The molecule has 1 fully saturated rings. The summed E-state index contributed by atoms with van der Waals surface area (Å²) in [4.78, 5) is 13.3. The van der Waals surface area contributed by atoms with Gasteiger partial charge in [-0.2, -0.15) is 0 Å². The zero-order valence-electron chi connectivity index (χ0n) is 10.8. The Morgan fingerprint density at radius 2 is 2.16 bits per heavy atom. The van der Waals surface area contributed by atoms with Crippen LogP contribution in [0.15, 0.2) is 18.2 Å². The fraction of sp³-hybridized carbons (Fsp3) is 0.500. The van der Waals surface area contributed by atoms with Crippen LogP contribution in [0.5, 0.6) is 11.5 Å². The second-order valence-corrected chi connectivity index (χ2v) is 4.86. The minimum absolute atomic E-state index is 0.0399. The van der Waals surface area contributed by atoms with Gasteiger partial charge >= 0.3 is 0 Å². The van der Waals surface area contributed by atoms with E-state index in [9.17, 15) is 4.79 Å². The van der Waals surface area contributed by atoms with Gasteiger partial charge in [0.2, 0.25) is 0 Å². The normalized spacial score (nSPS) is 23.1. The number of ether oxygens (including phenoxy) is 2. The van der Waals surface area contributed by atoms with Crippen molar-refractivity contribution in [2.24, 2.45) is 0 Å². The van der Waals surface area contributed by atoms with Crippen LogP contribution >= 0.6 is 0 Å². The zero-order valence-corrected chi connectivity index (χ0v) is 10.8. The minimum Gasteiger partial charge on any atom is -0.486 e. The second-order valence-electron chi connectivity index (χ2n) is 4.86. The first-order chi connectivity index (χ1) is 9.36. The summed E-state index contributed by atoms with van der Waals surface area (Å²) in [6.45, 7) is 4.51. The van der Waals surface area contributed by atoms with Crippen LogP contribution in [0.2, 0.25) is 0 Å². The first-order valence-electron chi connectivity index (χ1n) is 6.65. The van der Waals surface area contributed by atoms with Crippen molar-refractivity contribution in [2.45, 2.75) is 12.6 Å². The molecule has 102 valence electrons. The Labute approximate surface area is 112 Å². The Kier molecular flexibility index (Phi) is 3.66. The number of hydrogen-bond acceptors (Lipinski definition) is 5. The van der Waals surface area contributed by atoms with Crippen molar-refractivity contribution in [1.82, 2.24) is 10.2 Å². The van der Waals surface area contributed by atoms with E-state index in [4.69, 9.17) is 9.47 Å². The Balaban J connectivity index is 1.73. The highest BCUT2D eigenvalue weighted by Crippen LogP contribution is 2.31. The molecule has 5 nitrogen and oxygen atoms in total. The number of carbonyl (C=O) groups excluding carboxylic acids is 1. The minimum atomic E-state index is -0.0399. The molecule has 1 saturated heterocycles. The summed E-state index contributed by atoms with van der Waals surface area (Å²) in [7, 11) is 0. The fourth-order valence-electron chi connectivity index (χ4n) is 2.52. The Hall–Kier alpha value is -1.59. The van der Waals surface area contributed by atoms with Gasteiger partial charge < -0.3 is 19.6 Å². The molecular weight excluding hydrogens is 244 g/mol. The lowest BCUT2D eigenvalue weighted by Crippen LogP contribution is -2.51. The van der Waals surface area contributed by atoms with Gasteiger partial charge in [-0.1, -0.05) is 6.07 Å². The van der Waals surface area contributed by atoms with Crippen LogP contribution in [0.1, 0.15) is 5.56 Å². The maximum absolute atomic E-state index is 11.1. The monoisotopic (exact) mass is 262 g/mol. The highest BCUT2D eigenvalue weighted by Gasteiger charge is 2.22. The lowest BCUT2D eigenvalue weighted by Gasteiger charge is -2.33. The summed E-state index contributed by atoms with van der Waals surface area (Å²) in [5.41, 5.74) is 1.15. The quantitative estimate of drug-likeness (QED) is 0.801. The highest BCUT2D eigenvalue weighted by molar-refractivity contribution is 5.58. The van der Waals surface area contributed by atoms with E-state index in [2.05, 4.69) is 10.2 Å². The molecule has 2 heterocycles. The molecule has 0 amide bonds. The van der Waals surface area contributed by atoms with E-state index in [0.717, 1.165) is 49.5 Å². The van der Waals surface area contributed by atoms with Crippen LogP contribution in [0.3, 0.4) is 0 Å². The van der Waals surface area contributed by atoms with Gasteiger partial charge in [0.05, 0.1) is 6.04 Å². The van der Waals surface area contributed by atoms with E-state index in [1.165, 1.54) is 0 Å². The van der Waals surface area contributed by atoms with Crippen LogP contribution in [-0.2, 0) is 11.3 Å². The molecule has 1 atom stereocenters. The summed E-state index contributed by atoms with van der Waals surface area (Å²) in [5.74, 6) is 1.61. The zero-order chi connectivity index (χ0) is 13.1. The molecular formula is C14H18N2O3. The molecule has 0 saturated carbocycles. The van der Waals surface area contributed by atoms with Gasteiger partial charge in [0, 0.05) is 26.2 Å². The average Bonchev–Trinajstić information content (AvgIpc) is 2.48. The van der Waals surface area contributed by atoms with Crippen molar-refractivity contribution in [3.8, 4) is 11.5 Å². The van der Waals surface area contributed by atoms with Crippen molar-refractivity contribution in [1.29, 1.82) is 0 Å². The molecule has 0 aliphatic carbocycles. The van der Waals surface area contributed by atoms with Gasteiger partial charge in [0.25, 0.3) is 0 Å². The van der Waals surface area contributed by atoms with Crippen LogP contribution < -0.4 is 14.8 Å². The van der Waals surface area contributed by atoms with Crippen molar-refractivity contribution in [3.63, 3.8) is 0 Å². The SMILES string of the molecule is O=C[C@@H]1CNCCN1Cc1ccc2c(c1)OCCO2. The molecule has 2 aliphatic rings. The maximum atomic E-state index is 11.1. The Morgan fingerprint density at radius 1 is 1.32 bits per heavy atom. The molecule has 0 aromatic heterocycles. The number of nitrogens with one attached hydrogen (secondary N) is 1. The smallest absolute Gasteiger partial charge is 0.161 e. The fourth-order valence-corrected chi connectivity index (χ4v) is 2.52. The molecule has 3 rings (SSSR count). The number of rotatable bonds is 3. The Bertz CT molecular complexity index is 464. The van der Waals surface area contributed by atoms with Crippen molar-refractivity contribution in [2.75, 3.05) is 32.8 Å². The van der Waals surface area contributed by atoms with E-state index < -0.39 is 0 Å². The van der Waals surface area contributed by atoms with Gasteiger partial charge in [-0.3, -0.25) is 4.90 Å². The Morgan fingerprint density at radius 3 is 3.00 bits per heavy atom. The largest absolute Gasteiger partial charge is 0.486 e. The van der Waals surface area contributed by atoms with Crippen molar-refractivity contribution < 1.29 is 14.3 Å². The van der Waals surface area contributed by atoms with E-state index in [1.807, 2.05) is 18.2 Å². The molecule has 1 aromatic rings. The third-order valence-electron chi connectivity index (χ3n) is 3.55. The molecule has 0 radical (unpaired) electrons. The number of piperazine rings is 1. The molecule has 19 heavy (non-hydrogen) atoms. The number of hydrogen-bond donors (Lipinski definition) is 1. The van der Waals surface area contributed by atoms with Crippen molar-refractivity contribution in [3.05, 3.63) is 23.8 Å². The first-order valence-corrected chi connectivity index (χ1v) is 6.65. The predicted octanol–water partition coefficient (Wildman–Crippen LogP) is 0.431. The standard InChI is InChI=1S/C14H18N2O3/c17-10-12-8-15-3-4-16(12)9-11-1-2-13-14(7-11)19-6-5-18-13/h1-2,7,10,12,15H,3-6,8-9H2/t12-/m0/s1. The van der Waals surface area contributed by atoms with Gasteiger partial charge in [-0.15, -0.1) is 0 Å². The number of benzene rings is 1. The summed E-state index contributed by atoms with van der Waals surface area (Å²) in [6, 6.07) is 5.96. The number of carbonyl (C=O) groups is 1. The van der Waals surface area contributed by atoms with Crippen LogP contribution in [0.4, 0.5) is 0 Å². The molecule has 0 bridgehead atoms. The van der Waals surface area contributed by atoms with Gasteiger partial charge in [-0.25, -0.2) is 0 Å². The number of nitrogens with zero attached hydrogens (tertiary/aromatic N) is 1. The summed E-state index contributed by atoms with van der Waals surface area (Å²) in [5, 5.41) is 3.23. The molecule has 1 N–H and O–H groups in total. The topological polar surface area (TPSA) is 50.8 Å². The molecule has 0 spiro atoms. The van der Waals surface area contributed by atoms with Gasteiger partial charge in [0.15, 0.2) is 11.5 Å².